The van der Waals surface area contributed by atoms with Gasteiger partial charge in [-0.05, 0) is 42.5 Å². The highest BCUT2D eigenvalue weighted by Crippen LogP contribution is 2.19. The van der Waals surface area contributed by atoms with Gasteiger partial charge in [0.15, 0.2) is 0 Å². The molecule has 0 bridgehead atoms. The predicted molar refractivity (Wildman–Crippen MR) is 86.4 cm³/mol. The first-order valence-corrected chi connectivity index (χ1v) is 8.03. The highest BCUT2D eigenvalue weighted by molar-refractivity contribution is 7.10. The van der Waals surface area contributed by atoms with Crippen LogP contribution in [-0.2, 0) is 6.54 Å². The van der Waals surface area contributed by atoms with E-state index in [2.05, 4.69) is 48.0 Å². The lowest BCUT2D eigenvalue weighted by molar-refractivity contribution is 0.312. The van der Waals surface area contributed by atoms with Crippen LogP contribution in [0.4, 0.5) is 0 Å². The molecule has 2 rings (SSSR count). The minimum atomic E-state index is 0.352. The van der Waals surface area contributed by atoms with Crippen molar-refractivity contribution >= 4 is 11.3 Å². The molecule has 0 fully saturated rings. The monoisotopic (exact) mass is 300 g/mol. The number of rotatable bonds is 8. The standard InChI is InChI=1S/C17H20N2OS/c1-14(17-8-5-11-21-17)19-13-15-6-4-7-16(12-15)20-10-3-2-9-18/h4-8,11-12,14,19H,2-3,10,13H2,1H3. The molecule has 1 atom stereocenters. The number of unbranched alkanes of at least 4 members (excludes halogenated alkanes) is 1. The summed E-state index contributed by atoms with van der Waals surface area (Å²) in [5.74, 6) is 0.871. The fourth-order valence-electron chi connectivity index (χ4n) is 2.00. The van der Waals surface area contributed by atoms with Crippen LogP contribution >= 0.6 is 11.3 Å². The Hall–Kier alpha value is -1.83. The summed E-state index contributed by atoms with van der Waals surface area (Å²) in [6.07, 6.45) is 1.31. The summed E-state index contributed by atoms with van der Waals surface area (Å²) in [5, 5.41) is 14.1. The van der Waals surface area contributed by atoms with Crippen molar-refractivity contribution in [3.05, 3.63) is 52.2 Å². The first-order chi connectivity index (χ1) is 10.3. The molecule has 110 valence electrons. The third kappa shape index (κ3) is 5.22. The van der Waals surface area contributed by atoms with Crippen molar-refractivity contribution in [3.8, 4) is 11.8 Å². The van der Waals surface area contributed by atoms with Gasteiger partial charge in [-0.1, -0.05) is 18.2 Å². The molecule has 0 spiro atoms. The molecular formula is C17H20N2OS. The van der Waals surface area contributed by atoms with Gasteiger partial charge >= 0.3 is 0 Å². The third-order valence-corrected chi connectivity index (χ3v) is 4.24. The SMILES string of the molecule is CC(NCc1cccc(OCCCC#N)c1)c1cccs1. The molecule has 0 aliphatic heterocycles. The van der Waals surface area contributed by atoms with Crippen molar-refractivity contribution in [2.45, 2.75) is 32.4 Å². The molecule has 0 radical (unpaired) electrons. The number of benzene rings is 1. The van der Waals surface area contributed by atoms with E-state index in [-0.39, 0.29) is 0 Å². The van der Waals surface area contributed by atoms with Gasteiger partial charge in [-0.3, -0.25) is 0 Å². The van der Waals surface area contributed by atoms with Gasteiger partial charge < -0.3 is 10.1 Å². The van der Waals surface area contributed by atoms with Crippen molar-refractivity contribution in [1.82, 2.24) is 5.32 Å². The lowest BCUT2D eigenvalue weighted by Crippen LogP contribution is -2.17. The molecule has 0 amide bonds. The molecule has 0 saturated heterocycles. The van der Waals surface area contributed by atoms with Crippen LogP contribution in [0.25, 0.3) is 0 Å². The zero-order valence-electron chi connectivity index (χ0n) is 12.2. The molecule has 1 heterocycles. The van der Waals surface area contributed by atoms with Crippen molar-refractivity contribution in [3.63, 3.8) is 0 Å². The Morgan fingerprint density at radius 1 is 1.33 bits per heavy atom. The topological polar surface area (TPSA) is 45.0 Å². The number of hydrogen-bond donors (Lipinski definition) is 1. The maximum Gasteiger partial charge on any atom is 0.119 e. The Labute approximate surface area is 130 Å². The number of ether oxygens (including phenoxy) is 1. The average molecular weight is 300 g/mol. The molecular weight excluding hydrogens is 280 g/mol. The predicted octanol–water partition coefficient (Wildman–Crippen LogP) is 4.28. The number of nitriles is 1. The summed E-state index contributed by atoms with van der Waals surface area (Å²) < 4.78 is 5.65. The smallest absolute Gasteiger partial charge is 0.119 e. The lowest BCUT2D eigenvalue weighted by atomic mass is 10.2. The van der Waals surface area contributed by atoms with E-state index in [0.29, 0.717) is 19.1 Å². The van der Waals surface area contributed by atoms with E-state index in [1.165, 1.54) is 10.4 Å². The summed E-state index contributed by atoms with van der Waals surface area (Å²) in [7, 11) is 0. The Kier molecular flexibility index (Phi) is 6.26. The van der Waals surface area contributed by atoms with Crippen LogP contribution in [0.3, 0.4) is 0 Å². The van der Waals surface area contributed by atoms with Gasteiger partial charge in [0.25, 0.3) is 0 Å². The van der Waals surface area contributed by atoms with Crippen molar-refractivity contribution < 1.29 is 4.74 Å². The highest BCUT2D eigenvalue weighted by atomic mass is 32.1. The van der Waals surface area contributed by atoms with Gasteiger partial charge in [-0.2, -0.15) is 5.26 Å². The minimum absolute atomic E-state index is 0.352. The van der Waals surface area contributed by atoms with E-state index in [0.717, 1.165) is 18.7 Å². The molecule has 1 aromatic carbocycles. The van der Waals surface area contributed by atoms with E-state index in [4.69, 9.17) is 10.00 Å². The molecule has 0 aliphatic carbocycles. The fraction of sp³-hybridized carbons (Fsp3) is 0.353. The van der Waals surface area contributed by atoms with E-state index in [1.54, 1.807) is 11.3 Å². The van der Waals surface area contributed by atoms with Gasteiger partial charge in [0, 0.05) is 23.9 Å². The summed E-state index contributed by atoms with van der Waals surface area (Å²) in [5.41, 5.74) is 1.20. The normalized spacial score (nSPS) is 11.8. The molecule has 4 heteroatoms. The second-order valence-corrected chi connectivity index (χ2v) is 5.85. The van der Waals surface area contributed by atoms with Crippen LogP contribution in [0.2, 0.25) is 0 Å². The average Bonchev–Trinajstić information content (AvgIpc) is 3.04. The molecule has 0 saturated carbocycles. The minimum Gasteiger partial charge on any atom is -0.494 e. The third-order valence-electron chi connectivity index (χ3n) is 3.18. The largest absolute Gasteiger partial charge is 0.494 e. The van der Waals surface area contributed by atoms with E-state index >= 15 is 0 Å². The number of thiophene rings is 1. The first kappa shape index (κ1) is 15.6. The number of nitrogens with zero attached hydrogens (tertiary/aromatic N) is 1. The number of hydrogen-bond acceptors (Lipinski definition) is 4. The maximum absolute atomic E-state index is 8.49. The Morgan fingerprint density at radius 3 is 3.00 bits per heavy atom. The van der Waals surface area contributed by atoms with Gasteiger partial charge in [0.2, 0.25) is 0 Å². The van der Waals surface area contributed by atoms with Crippen LogP contribution in [0.15, 0.2) is 41.8 Å². The zero-order valence-corrected chi connectivity index (χ0v) is 13.0. The molecule has 0 aliphatic rings. The maximum atomic E-state index is 8.49. The van der Waals surface area contributed by atoms with E-state index in [9.17, 15) is 0 Å². The van der Waals surface area contributed by atoms with Gasteiger partial charge in [-0.15, -0.1) is 11.3 Å². The quantitative estimate of drug-likeness (QED) is 0.740. The second-order valence-electron chi connectivity index (χ2n) is 4.88. The summed E-state index contributed by atoms with van der Waals surface area (Å²) in [6, 6.07) is 14.8. The van der Waals surface area contributed by atoms with Gasteiger partial charge in [-0.25, -0.2) is 0 Å². The van der Waals surface area contributed by atoms with Crippen LogP contribution in [0.1, 0.15) is 36.2 Å². The van der Waals surface area contributed by atoms with Gasteiger partial charge in [0.1, 0.15) is 5.75 Å². The molecule has 1 N–H and O–H groups in total. The van der Waals surface area contributed by atoms with Crippen molar-refractivity contribution in [2.75, 3.05) is 6.61 Å². The van der Waals surface area contributed by atoms with E-state index in [1.807, 2.05) is 12.1 Å². The van der Waals surface area contributed by atoms with Gasteiger partial charge in [0.05, 0.1) is 12.7 Å². The molecule has 1 aromatic heterocycles. The molecule has 1 unspecified atom stereocenters. The fourth-order valence-corrected chi connectivity index (χ4v) is 2.75. The lowest BCUT2D eigenvalue weighted by Gasteiger charge is -2.13. The van der Waals surface area contributed by atoms with Crippen LogP contribution in [0.5, 0.6) is 5.75 Å². The zero-order chi connectivity index (χ0) is 14.9. The Balaban J connectivity index is 1.82. The summed E-state index contributed by atoms with van der Waals surface area (Å²) >= 11 is 1.77. The first-order valence-electron chi connectivity index (χ1n) is 7.15. The highest BCUT2D eigenvalue weighted by Gasteiger charge is 2.05. The van der Waals surface area contributed by atoms with Crippen LogP contribution in [0, 0.1) is 11.3 Å². The molecule has 3 nitrogen and oxygen atoms in total. The van der Waals surface area contributed by atoms with Crippen molar-refractivity contribution in [1.29, 1.82) is 5.26 Å². The second kappa shape index (κ2) is 8.46. The van der Waals surface area contributed by atoms with Crippen LogP contribution in [-0.4, -0.2) is 6.61 Å². The van der Waals surface area contributed by atoms with E-state index < -0.39 is 0 Å². The Bertz CT molecular complexity index is 575. The van der Waals surface area contributed by atoms with Crippen molar-refractivity contribution in [2.24, 2.45) is 0 Å². The Morgan fingerprint density at radius 2 is 2.24 bits per heavy atom. The molecule has 2 aromatic rings. The summed E-state index contributed by atoms with van der Waals surface area (Å²) in [4.78, 5) is 1.35. The number of nitrogens with one attached hydrogen (secondary N) is 1. The summed E-state index contributed by atoms with van der Waals surface area (Å²) in [6.45, 7) is 3.58. The van der Waals surface area contributed by atoms with Crippen LogP contribution < -0.4 is 10.1 Å². The molecule has 21 heavy (non-hydrogen) atoms.